The smallest absolute Gasteiger partial charge is 0.361 e. The Labute approximate surface area is 95.7 Å². The number of carbonyl (C=O) groups is 1. The fourth-order valence-electron chi connectivity index (χ4n) is 1.28. The quantitative estimate of drug-likeness (QED) is 0.222. The molecule has 0 fully saturated rings. The molecular weight excluding hydrogens is 234 g/mol. The summed E-state index contributed by atoms with van der Waals surface area (Å²) in [5, 5.41) is 22.7. The van der Waals surface area contributed by atoms with Gasteiger partial charge in [-0.3, -0.25) is 5.21 Å². The minimum absolute atomic E-state index is 0.183. The highest BCUT2D eigenvalue weighted by Gasteiger charge is 2.30. The number of urea groups is 1. The van der Waals surface area contributed by atoms with E-state index in [1.807, 2.05) is 0 Å². The van der Waals surface area contributed by atoms with Crippen LogP contribution in [-0.4, -0.2) is 38.0 Å². The number of rotatable bonds is 1. The zero-order valence-corrected chi connectivity index (χ0v) is 8.78. The number of hydrogen-bond donors (Lipinski definition) is 5. The van der Waals surface area contributed by atoms with E-state index in [4.69, 9.17) is 22.5 Å². The normalized spacial score (nSPS) is 18.8. The third-order valence-corrected chi connectivity index (χ3v) is 2.29. The molecule has 2 aliphatic rings. The first-order chi connectivity index (χ1) is 7.65. The van der Waals surface area contributed by atoms with E-state index in [1.54, 1.807) is 6.08 Å². The molecule has 0 spiro atoms. The van der Waals surface area contributed by atoms with Crippen molar-refractivity contribution in [3.8, 4) is 0 Å². The molecule has 2 heterocycles. The molecule has 0 aromatic heterocycles. The Morgan fingerprint density at radius 3 is 3.00 bits per heavy atom. The summed E-state index contributed by atoms with van der Waals surface area (Å²) in [5.41, 5.74) is 4.61. The van der Waals surface area contributed by atoms with Crippen molar-refractivity contribution in [1.29, 1.82) is 0 Å². The Bertz CT molecular complexity index is 407. The van der Waals surface area contributed by atoms with Gasteiger partial charge in [0.25, 0.3) is 0 Å². The van der Waals surface area contributed by atoms with Crippen LogP contribution in [0.1, 0.15) is 0 Å². The molecule has 0 aromatic rings. The molecule has 0 bridgehead atoms. The van der Waals surface area contributed by atoms with Gasteiger partial charge in [0, 0.05) is 5.70 Å². The van der Waals surface area contributed by atoms with Crippen LogP contribution in [0.3, 0.4) is 0 Å². The van der Waals surface area contributed by atoms with E-state index in [0.29, 0.717) is 16.5 Å². The highest BCUT2D eigenvalue weighted by Crippen LogP contribution is 2.16. The van der Waals surface area contributed by atoms with Gasteiger partial charge in [-0.25, -0.2) is 20.3 Å². The van der Waals surface area contributed by atoms with Gasteiger partial charge >= 0.3 is 6.03 Å². The number of nitrogens with zero attached hydrogens (tertiary/aromatic N) is 2. The van der Waals surface area contributed by atoms with E-state index >= 15 is 0 Å². The van der Waals surface area contributed by atoms with Crippen LogP contribution in [0.5, 0.6) is 0 Å². The average Bonchev–Trinajstić information content (AvgIpc) is 2.72. The largest absolute Gasteiger partial charge is 0.390 e. The fraction of sp³-hybridized carbons (Fsp3) is 0.143. The van der Waals surface area contributed by atoms with Gasteiger partial charge in [0.1, 0.15) is 10.8 Å². The van der Waals surface area contributed by atoms with E-state index in [-0.39, 0.29) is 6.61 Å². The van der Waals surface area contributed by atoms with Crippen LogP contribution in [0.15, 0.2) is 23.8 Å². The molecule has 8 nitrogen and oxygen atoms in total. The van der Waals surface area contributed by atoms with E-state index in [9.17, 15) is 4.79 Å². The lowest BCUT2D eigenvalue weighted by Crippen LogP contribution is -2.50. The van der Waals surface area contributed by atoms with Gasteiger partial charge < -0.3 is 10.4 Å². The van der Waals surface area contributed by atoms with E-state index < -0.39 is 6.03 Å². The third-order valence-electron chi connectivity index (χ3n) is 1.99. The van der Waals surface area contributed by atoms with Crippen LogP contribution < -0.4 is 16.3 Å². The minimum atomic E-state index is -0.753. The summed E-state index contributed by atoms with van der Waals surface area (Å²) in [7, 11) is 0. The van der Waals surface area contributed by atoms with Gasteiger partial charge in [-0.05, 0) is 6.08 Å². The molecule has 2 amide bonds. The highest BCUT2D eigenvalue weighted by molar-refractivity contribution is 7.80. The summed E-state index contributed by atoms with van der Waals surface area (Å²) >= 11 is 5.04. The van der Waals surface area contributed by atoms with Crippen LogP contribution in [0, 0.1) is 0 Å². The Balaban J connectivity index is 2.19. The van der Waals surface area contributed by atoms with E-state index in [0.717, 1.165) is 5.01 Å². The Hall–Kier alpha value is -1.68. The fourth-order valence-corrected chi connectivity index (χ4v) is 1.57. The standard InChI is InChI=1S/C7H9N5O3S/c13-3-4-1-6(16)12-5(8-4)2-11(10-12)7(14)9-15/h1-2,8,10,13,15H,3H2,(H,9,14). The van der Waals surface area contributed by atoms with Gasteiger partial charge in [0.2, 0.25) is 0 Å². The predicted molar refractivity (Wildman–Crippen MR) is 56.1 cm³/mol. The number of hydroxylamine groups is 1. The van der Waals surface area contributed by atoms with Crippen LogP contribution in [0.4, 0.5) is 4.79 Å². The number of hydrogen-bond acceptors (Lipinski definition) is 6. The highest BCUT2D eigenvalue weighted by atomic mass is 32.1. The number of aliphatic hydroxyl groups excluding tert-OH is 1. The average molecular weight is 243 g/mol. The SMILES string of the molecule is O=C(NO)N1C=C2NC(CO)=CC(=S)N2N1. The van der Waals surface area contributed by atoms with Crippen LogP contribution in [-0.2, 0) is 0 Å². The number of aliphatic hydroxyl groups is 1. The van der Waals surface area contributed by atoms with Crippen molar-refractivity contribution in [1.82, 2.24) is 26.3 Å². The molecule has 16 heavy (non-hydrogen) atoms. The third kappa shape index (κ3) is 1.72. The second-order valence-electron chi connectivity index (χ2n) is 3.03. The van der Waals surface area contributed by atoms with E-state index in [2.05, 4.69) is 10.9 Å². The number of nitrogens with one attached hydrogen (secondary N) is 3. The lowest BCUT2D eigenvalue weighted by Gasteiger charge is -2.27. The van der Waals surface area contributed by atoms with Gasteiger partial charge in [0.15, 0.2) is 0 Å². The molecule has 2 aliphatic heterocycles. The second-order valence-corrected chi connectivity index (χ2v) is 3.45. The van der Waals surface area contributed by atoms with Gasteiger partial charge in [0.05, 0.1) is 12.8 Å². The molecule has 2 rings (SSSR count). The lowest BCUT2D eigenvalue weighted by atomic mass is 10.3. The molecule has 0 saturated carbocycles. The van der Waals surface area contributed by atoms with Gasteiger partial charge in [-0.15, -0.1) is 5.53 Å². The van der Waals surface area contributed by atoms with Crippen molar-refractivity contribution in [2.75, 3.05) is 6.61 Å². The Morgan fingerprint density at radius 1 is 1.62 bits per heavy atom. The topological polar surface area (TPSA) is 100 Å². The van der Waals surface area contributed by atoms with Gasteiger partial charge in [-0.1, -0.05) is 12.2 Å². The Morgan fingerprint density at radius 2 is 2.38 bits per heavy atom. The molecule has 0 radical (unpaired) electrons. The van der Waals surface area contributed by atoms with Crippen LogP contribution in [0.25, 0.3) is 0 Å². The molecule has 0 aromatic carbocycles. The maximum absolute atomic E-state index is 11.1. The first kappa shape index (κ1) is 10.8. The first-order valence-corrected chi connectivity index (χ1v) is 4.70. The predicted octanol–water partition coefficient (Wildman–Crippen LogP) is -1.27. The van der Waals surface area contributed by atoms with Gasteiger partial charge in [-0.2, -0.15) is 0 Å². The number of carbonyl (C=O) groups excluding carboxylic acids is 1. The molecular formula is C7H9N5O3S. The summed E-state index contributed by atoms with van der Waals surface area (Å²) in [6.07, 6.45) is 2.94. The zero-order chi connectivity index (χ0) is 11.7. The number of thiocarbonyl (C=S) groups is 1. The monoisotopic (exact) mass is 243 g/mol. The van der Waals surface area contributed by atoms with Crippen molar-refractivity contribution < 1.29 is 15.1 Å². The summed E-state index contributed by atoms with van der Waals surface area (Å²) in [6.45, 7) is -0.183. The van der Waals surface area contributed by atoms with Crippen molar-refractivity contribution in [3.63, 3.8) is 0 Å². The maximum atomic E-state index is 11.1. The molecule has 5 N–H and O–H groups in total. The number of amides is 2. The van der Waals surface area contributed by atoms with Crippen LogP contribution in [0.2, 0.25) is 0 Å². The molecule has 0 saturated heterocycles. The number of hydrazine groups is 2. The van der Waals surface area contributed by atoms with Crippen LogP contribution >= 0.6 is 12.2 Å². The summed E-state index contributed by atoms with van der Waals surface area (Å²) in [6, 6.07) is -0.753. The van der Waals surface area contributed by atoms with Crippen molar-refractivity contribution >= 4 is 23.2 Å². The first-order valence-electron chi connectivity index (χ1n) is 4.29. The molecule has 9 heteroatoms. The summed E-state index contributed by atoms with van der Waals surface area (Å²) in [5.74, 6) is 0.486. The van der Waals surface area contributed by atoms with E-state index in [1.165, 1.54) is 16.7 Å². The van der Waals surface area contributed by atoms with Crippen molar-refractivity contribution in [3.05, 3.63) is 23.8 Å². The zero-order valence-electron chi connectivity index (χ0n) is 7.97. The molecule has 0 atom stereocenters. The Kier molecular flexibility index (Phi) is 2.75. The maximum Gasteiger partial charge on any atom is 0.361 e. The second kappa shape index (κ2) is 4.06. The van der Waals surface area contributed by atoms with Crippen molar-refractivity contribution in [2.24, 2.45) is 0 Å². The summed E-state index contributed by atoms with van der Waals surface area (Å²) < 4.78 is 0. The molecule has 86 valence electrons. The lowest BCUT2D eigenvalue weighted by molar-refractivity contribution is 0.116. The molecule has 0 unspecified atom stereocenters. The van der Waals surface area contributed by atoms with Crippen molar-refractivity contribution in [2.45, 2.75) is 0 Å². The number of fused-ring (bicyclic) bond motifs is 1. The molecule has 0 aliphatic carbocycles. The minimum Gasteiger partial charge on any atom is -0.390 e. The summed E-state index contributed by atoms with van der Waals surface area (Å²) in [4.78, 5) is 11.5.